The zero-order valence-electron chi connectivity index (χ0n) is 21.5. The second-order valence-electron chi connectivity index (χ2n) is 9.11. The molecule has 0 aliphatic carbocycles. The van der Waals surface area contributed by atoms with Gasteiger partial charge in [0.15, 0.2) is 0 Å². The molecule has 2 aromatic carbocycles. The Labute approximate surface area is 231 Å². The molecule has 2 saturated heterocycles. The Balaban J connectivity index is 1.71. The zero-order chi connectivity index (χ0) is 27.4. The molecule has 11 heteroatoms. The van der Waals surface area contributed by atoms with Crippen molar-refractivity contribution in [2.24, 2.45) is 0 Å². The molecular weight excluding hydrogens is 574 g/mol. The van der Waals surface area contributed by atoms with Gasteiger partial charge in [-0.25, -0.2) is 8.42 Å². The van der Waals surface area contributed by atoms with Crippen molar-refractivity contribution in [3.8, 4) is 0 Å². The highest BCUT2D eigenvalue weighted by Crippen LogP contribution is 2.39. The quantitative estimate of drug-likeness (QED) is 0.266. The zero-order valence-corrected chi connectivity index (χ0v) is 23.9. The summed E-state index contributed by atoms with van der Waals surface area (Å²) in [6.07, 6.45) is 0. The minimum absolute atomic E-state index is 0.0133. The minimum Gasteiger partial charge on any atom is -0.507 e. The number of halogens is 1. The molecule has 4 rings (SSSR count). The van der Waals surface area contributed by atoms with Gasteiger partial charge >= 0.3 is 0 Å². The normalized spacial score (nSPS) is 20.4. The summed E-state index contributed by atoms with van der Waals surface area (Å²) < 4.78 is 33.4. The van der Waals surface area contributed by atoms with E-state index in [1.807, 2.05) is 38.1 Å². The fourth-order valence-electron chi connectivity index (χ4n) is 4.77. The number of aliphatic hydroxyl groups is 1. The lowest BCUT2D eigenvalue weighted by molar-refractivity contribution is -0.140. The van der Waals surface area contributed by atoms with Gasteiger partial charge in [0.2, 0.25) is 10.0 Å². The van der Waals surface area contributed by atoms with Gasteiger partial charge in [-0.1, -0.05) is 41.9 Å². The van der Waals surface area contributed by atoms with Crippen LogP contribution in [0.15, 0.2) is 63.5 Å². The molecule has 0 radical (unpaired) electrons. The number of aliphatic hydroxyl groups excluding tert-OH is 1. The van der Waals surface area contributed by atoms with Crippen LogP contribution in [0.4, 0.5) is 0 Å². The maximum absolute atomic E-state index is 13.3. The largest absolute Gasteiger partial charge is 0.507 e. The number of amides is 1. The lowest BCUT2D eigenvalue weighted by Gasteiger charge is -2.28. The number of likely N-dealkylation sites (tertiary alicyclic amines) is 1. The monoisotopic (exact) mass is 605 g/mol. The molecule has 1 amide bonds. The molecule has 0 aromatic heterocycles. The third-order valence-corrected chi connectivity index (χ3v) is 9.45. The number of ketones is 1. The van der Waals surface area contributed by atoms with Gasteiger partial charge < -0.3 is 19.6 Å². The molecular formula is C27H32BrN3O6S. The van der Waals surface area contributed by atoms with E-state index < -0.39 is 27.8 Å². The molecule has 0 saturated carbocycles. The number of hydrogen-bond donors (Lipinski definition) is 1. The van der Waals surface area contributed by atoms with E-state index in [2.05, 4.69) is 20.8 Å². The highest BCUT2D eigenvalue weighted by Gasteiger charge is 2.46. The van der Waals surface area contributed by atoms with Crippen molar-refractivity contribution in [2.45, 2.75) is 24.8 Å². The highest BCUT2D eigenvalue weighted by molar-refractivity contribution is 9.10. The van der Waals surface area contributed by atoms with E-state index in [4.69, 9.17) is 4.74 Å². The van der Waals surface area contributed by atoms with Gasteiger partial charge in [-0.3, -0.25) is 9.59 Å². The van der Waals surface area contributed by atoms with Gasteiger partial charge in [-0.05, 0) is 55.1 Å². The Morgan fingerprint density at radius 2 is 1.63 bits per heavy atom. The van der Waals surface area contributed by atoms with Crippen LogP contribution < -0.4 is 0 Å². The smallest absolute Gasteiger partial charge is 0.295 e. The fourth-order valence-corrected chi connectivity index (χ4v) is 6.44. The van der Waals surface area contributed by atoms with Crippen LogP contribution in [0, 0.1) is 0 Å². The van der Waals surface area contributed by atoms with Crippen LogP contribution in [0.2, 0.25) is 0 Å². The van der Waals surface area contributed by atoms with Gasteiger partial charge in [-0.2, -0.15) is 4.31 Å². The summed E-state index contributed by atoms with van der Waals surface area (Å²) in [7, 11) is -3.71. The first kappa shape index (κ1) is 28.4. The molecule has 1 N–H and O–H groups in total. The molecule has 2 fully saturated rings. The van der Waals surface area contributed by atoms with E-state index in [1.54, 1.807) is 0 Å². The molecule has 2 aliphatic heterocycles. The molecule has 2 aliphatic rings. The molecule has 38 heavy (non-hydrogen) atoms. The molecule has 2 aromatic rings. The lowest BCUT2D eigenvalue weighted by Crippen LogP contribution is -2.40. The van der Waals surface area contributed by atoms with Crippen molar-refractivity contribution in [1.82, 2.24) is 14.1 Å². The summed E-state index contributed by atoms with van der Waals surface area (Å²) in [5.41, 5.74) is 0.940. The summed E-state index contributed by atoms with van der Waals surface area (Å²) in [5, 5.41) is 11.3. The SMILES string of the molecule is CCN(CC)CCN1C(=O)C(=O)/C(=C(/O)c2ccc(S(=O)(=O)N3CCOCC3)cc2)C1c1ccc(Br)cc1. The number of nitrogens with zero attached hydrogens (tertiary/aromatic N) is 3. The predicted molar refractivity (Wildman–Crippen MR) is 147 cm³/mol. The van der Waals surface area contributed by atoms with Gasteiger partial charge in [-0.15, -0.1) is 0 Å². The number of ether oxygens (including phenoxy) is 1. The van der Waals surface area contributed by atoms with E-state index in [9.17, 15) is 23.1 Å². The summed E-state index contributed by atoms with van der Waals surface area (Å²) in [4.78, 5) is 30.2. The van der Waals surface area contributed by atoms with Crippen LogP contribution in [-0.4, -0.2) is 91.8 Å². The number of rotatable bonds is 9. The first-order valence-electron chi connectivity index (χ1n) is 12.6. The van der Waals surface area contributed by atoms with Crippen LogP contribution in [-0.2, 0) is 24.3 Å². The third-order valence-electron chi connectivity index (χ3n) is 7.01. The Morgan fingerprint density at radius 1 is 1.03 bits per heavy atom. The van der Waals surface area contributed by atoms with Crippen molar-refractivity contribution in [1.29, 1.82) is 0 Å². The number of hydrogen-bond acceptors (Lipinski definition) is 7. The van der Waals surface area contributed by atoms with Gasteiger partial charge in [0.1, 0.15) is 5.76 Å². The van der Waals surface area contributed by atoms with Crippen LogP contribution in [0.5, 0.6) is 0 Å². The number of Topliss-reactive ketones (excluding diaryl/α,β-unsaturated/α-hetero) is 1. The molecule has 204 valence electrons. The van der Waals surface area contributed by atoms with Crippen LogP contribution in [0.1, 0.15) is 31.0 Å². The van der Waals surface area contributed by atoms with Crippen LogP contribution >= 0.6 is 15.9 Å². The number of morpholine rings is 1. The molecule has 9 nitrogen and oxygen atoms in total. The van der Waals surface area contributed by atoms with Crippen molar-refractivity contribution >= 4 is 43.4 Å². The van der Waals surface area contributed by atoms with Crippen molar-refractivity contribution in [3.63, 3.8) is 0 Å². The molecule has 1 unspecified atom stereocenters. The molecule has 1 atom stereocenters. The number of likely N-dealkylation sites (N-methyl/N-ethyl adjacent to an activating group) is 1. The summed E-state index contributed by atoms with van der Waals surface area (Å²) >= 11 is 3.42. The van der Waals surface area contributed by atoms with E-state index in [0.29, 0.717) is 31.9 Å². The number of benzene rings is 2. The Morgan fingerprint density at radius 3 is 2.21 bits per heavy atom. The standard InChI is InChI=1S/C27H32BrN3O6S/c1-3-29(4-2)13-14-31-24(19-5-9-21(28)10-6-19)23(26(33)27(31)34)25(32)20-7-11-22(12-8-20)38(35,36)30-15-17-37-18-16-30/h5-12,24,32H,3-4,13-18H2,1-2H3/b25-23+. The van der Waals surface area contributed by atoms with E-state index in [0.717, 1.165) is 17.6 Å². The van der Waals surface area contributed by atoms with E-state index >= 15 is 0 Å². The summed E-state index contributed by atoms with van der Waals surface area (Å²) in [6.45, 7) is 7.81. The van der Waals surface area contributed by atoms with Gasteiger partial charge in [0.05, 0.1) is 29.7 Å². The van der Waals surface area contributed by atoms with E-state index in [-0.39, 0.29) is 34.9 Å². The van der Waals surface area contributed by atoms with Gasteiger partial charge in [0, 0.05) is 36.2 Å². The highest BCUT2D eigenvalue weighted by atomic mass is 79.9. The molecule has 2 heterocycles. The number of carbonyl (C=O) groups is 2. The summed E-state index contributed by atoms with van der Waals surface area (Å²) in [6, 6.07) is 12.3. The second-order valence-corrected chi connectivity index (χ2v) is 12.0. The van der Waals surface area contributed by atoms with Crippen LogP contribution in [0.25, 0.3) is 5.76 Å². The van der Waals surface area contributed by atoms with Crippen molar-refractivity contribution in [2.75, 3.05) is 52.5 Å². The number of carbonyl (C=O) groups excluding carboxylic acids is 2. The Bertz CT molecular complexity index is 1300. The maximum Gasteiger partial charge on any atom is 0.295 e. The Kier molecular flexibility index (Phi) is 9.04. The first-order valence-corrected chi connectivity index (χ1v) is 14.9. The van der Waals surface area contributed by atoms with Crippen molar-refractivity contribution < 1.29 is 27.9 Å². The number of sulfonamides is 1. The van der Waals surface area contributed by atoms with E-state index in [1.165, 1.54) is 33.5 Å². The molecule has 0 bridgehead atoms. The second kappa shape index (κ2) is 12.1. The third kappa shape index (κ3) is 5.72. The van der Waals surface area contributed by atoms with Crippen molar-refractivity contribution in [3.05, 3.63) is 69.7 Å². The summed E-state index contributed by atoms with van der Waals surface area (Å²) in [5.74, 6) is -1.77. The predicted octanol–water partition coefficient (Wildman–Crippen LogP) is 3.23. The topological polar surface area (TPSA) is 107 Å². The first-order chi connectivity index (χ1) is 18.2. The minimum atomic E-state index is -3.71. The maximum atomic E-state index is 13.3. The van der Waals surface area contributed by atoms with Gasteiger partial charge in [0.25, 0.3) is 11.7 Å². The lowest BCUT2D eigenvalue weighted by atomic mass is 9.95. The average molecular weight is 607 g/mol. The fraction of sp³-hybridized carbons (Fsp3) is 0.407. The Hall–Kier alpha value is -2.57. The average Bonchev–Trinajstić information content (AvgIpc) is 3.19. The molecule has 0 spiro atoms. The van der Waals surface area contributed by atoms with Crippen LogP contribution in [0.3, 0.4) is 0 Å².